The molecule has 1 amide bonds. The van der Waals surface area contributed by atoms with Crippen molar-refractivity contribution >= 4 is 32.8 Å². The fourth-order valence-corrected chi connectivity index (χ4v) is 3.97. The molecule has 4 rings (SSSR count). The van der Waals surface area contributed by atoms with Crippen LogP contribution in [0.1, 0.15) is 47.5 Å². The molecule has 1 aliphatic rings. The van der Waals surface area contributed by atoms with Crippen LogP contribution in [-0.4, -0.2) is 17.4 Å². The number of amides is 1. The van der Waals surface area contributed by atoms with Crippen LogP contribution >= 0.6 is 15.9 Å². The third-order valence-corrected chi connectivity index (χ3v) is 5.28. The number of rotatable bonds is 4. The molecular formula is C21H18BrNO3. The minimum atomic E-state index is -0.414. The van der Waals surface area contributed by atoms with Gasteiger partial charge in [-0.05, 0) is 36.2 Å². The predicted molar refractivity (Wildman–Crippen MR) is 104 cm³/mol. The lowest BCUT2D eigenvalue weighted by molar-refractivity contribution is 0.0725. The van der Waals surface area contributed by atoms with Crippen molar-refractivity contribution in [1.29, 1.82) is 0 Å². The summed E-state index contributed by atoms with van der Waals surface area (Å²) in [5, 5.41) is 0.511. The molecule has 0 fully saturated rings. The van der Waals surface area contributed by atoms with Crippen LogP contribution in [0.4, 0.5) is 0 Å². The van der Waals surface area contributed by atoms with Crippen molar-refractivity contribution in [1.82, 2.24) is 4.90 Å². The second kappa shape index (κ2) is 6.72. The molecule has 0 bridgehead atoms. The van der Waals surface area contributed by atoms with Crippen molar-refractivity contribution in [3.05, 3.63) is 80.1 Å². The number of fused-ring (bicyclic) bond motifs is 2. The van der Waals surface area contributed by atoms with E-state index in [-0.39, 0.29) is 17.1 Å². The van der Waals surface area contributed by atoms with Gasteiger partial charge >= 0.3 is 0 Å². The maximum absolute atomic E-state index is 13.2. The van der Waals surface area contributed by atoms with E-state index in [2.05, 4.69) is 22.9 Å². The zero-order valence-electron chi connectivity index (χ0n) is 14.4. The van der Waals surface area contributed by atoms with Crippen LogP contribution < -0.4 is 5.43 Å². The first kappa shape index (κ1) is 17.0. The van der Waals surface area contributed by atoms with Gasteiger partial charge in [-0.25, -0.2) is 0 Å². The van der Waals surface area contributed by atoms with E-state index in [1.54, 1.807) is 23.1 Å². The maximum atomic E-state index is 13.2. The summed E-state index contributed by atoms with van der Waals surface area (Å²) in [6, 6.07) is 14.4. The summed E-state index contributed by atoms with van der Waals surface area (Å²) in [5.74, 6) is -0.0314. The van der Waals surface area contributed by atoms with E-state index in [4.69, 9.17) is 4.42 Å². The van der Waals surface area contributed by atoms with Gasteiger partial charge in [-0.15, -0.1) is 0 Å². The number of halogens is 1. The molecule has 2 aromatic carbocycles. The molecule has 3 aromatic rings. The van der Waals surface area contributed by atoms with Crippen molar-refractivity contribution in [2.75, 3.05) is 6.54 Å². The number of para-hydroxylation sites is 1. The highest BCUT2D eigenvalue weighted by atomic mass is 79.9. The van der Waals surface area contributed by atoms with Crippen LogP contribution in [0.3, 0.4) is 0 Å². The summed E-state index contributed by atoms with van der Waals surface area (Å²) in [6.07, 6.45) is 1.84. The molecule has 1 aliphatic heterocycles. The van der Waals surface area contributed by atoms with Gasteiger partial charge in [0, 0.05) is 11.0 Å². The van der Waals surface area contributed by atoms with Crippen LogP contribution in [0, 0.1) is 0 Å². The number of unbranched alkanes of at least 4 members (excludes halogenated alkanes) is 1. The van der Waals surface area contributed by atoms with E-state index in [0.717, 1.165) is 22.9 Å². The van der Waals surface area contributed by atoms with Gasteiger partial charge < -0.3 is 9.32 Å². The van der Waals surface area contributed by atoms with Gasteiger partial charge in [-0.1, -0.05) is 53.5 Å². The number of carbonyl (C=O) groups is 1. The summed E-state index contributed by atoms with van der Waals surface area (Å²) >= 11 is 3.49. The van der Waals surface area contributed by atoms with Gasteiger partial charge in [0.15, 0.2) is 5.43 Å². The van der Waals surface area contributed by atoms with Gasteiger partial charge in [-0.2, -0.15) is 0 Å². The molecule has 0 saturated carbocycles. The molecule has 0 saturated heterocycles. The molecule has 1 aromatic heterocycles. The van der Waals surface area contributed by atoms with Crippen molar-refractivity contribution in [3.8, 4) is 0 Å². The second-order valence-corrected chi connectivity index (χ2v) is 7.40. The summed E-state index contributed by atoms with van der Waals surface area (Å²) in [7, 11) is 0. The minimum Gasteiger partial charge on any atom is -0.450 e. The van der Waals surface area contributed by atoms with Crippen molar-refractivity contribution in [2.24, 2.45) is 0 Å². The van der Waals surface area contributed by atoms with Gasteiger partial charge in [0.25, 0.3) is 5.91 Å². The molecule has 132 valence electrons. The topological polar surface area (TPSA) is 50.5 Å². The van der Waals surface area contributed by atoms with Gasteiger partial charge in [0.1, 0.15) is 5.58 Å². The maximum Gasteiger partial charge on any atom is 0.290 e. The van der Waals surface area contributed by atoms with E-state index >= 15 is 0 Å². The lowest BCUT2D eigenvalue weighted by Gasteiger charge is -2.25. The van der Waals surface area contributed by atoms with Crippen LogP contribution in [0.2, 0.25) is 0 Å². The second-order valence-electron chi connectivity index (χ2n) is 6.48. The SMILES string of the molecule is CCCCN1C(=O)c2oc3ccccc3c(=O)c2[C@H]1c1cccc(Br)c1. The zero-order valence-corrected chi connectivity index (χ0v) is 16.0. The molecule has 5 heteroatoms. The van der Waals surface area contributed by atoms with E-state index in [1.165, 1.54) is 0 Å². The summed E-state index contributed by atoms with van der Waals surface area (Å²) in [4.78, 5) is 28.0. The lowest BCUT2D eigenvalue weighted by Crippen LogP contribution is -2.30. The number of nitrogens with zero attached hydrogens (tertiary/aromatic N) is 1. The average molecular weight is 412 g/mol. The van der Waals surface area contributed by atoms with Crippen molar-refractivity contribution in [2.45, 2.75) is 25.8 Å². The normalized spacial score (nSPS) is 16.3. The first-order valence-electron chi connectivity index (χ1n) is 8.74. The Morgan fingerprint density at radius 2 is 1.92 bits per heavy atom. The van der Waals surface area contributed by atoms with Gasteiger partial charge in [0.2, 0.25) is 5.76 Å². The third-order valence-electron chi connectivity index (χ3n) is 4.79. The Bertz CT molecular complexity index is 1060. The minimum absolute atomic E-state index is 0.126. The highest BCUT2D eigenvalue weighted by Crippen LogP contribution is 2.38. The van der Waals surface area contributed by atoms with E-state index in [9.17, 15) is 9.59 Å². The number of hydrogen-bond acceptors (Lipinski definition) is 3. The molecule has 1 atom stereocenters. The fraction of sp³-hybridized carbons (Fsp3) is 0.238. The largest absolute Gasteiger partial charge is 0.450 e. The number of benzene rings is 2. The third kappa shape index (κ3) is 2.67. The molecular weight excluding hydrogens is 394 g/mol. The van der Waals surface area contributed by atoms with Crippen LogP contribution in [0.25, 0.3) is 11.0 Å². The summed E-state index contributed by atoms with van der Waals surface area (Å²) in [5.41, 5.74) is 1.68. The molecule has 2 heterocycles. The molecule has 0 spiro atoms. The smallest absolute Gasteiger partial charge is 0.290 e. The Balaban J connectivity index is 1.97. The van der Waals surface area contributed by atoms with Crippen LogP contribution in [-0.2, 0) is 0 Å². The van der Waals surface area contributed by atoms with Crippen LogP contribution in [0.5, 0.6) is 0 Å². The monoisotopic (exact) mass is 411 g/mol. The predicted octanol–water partition coefficient (Wildman–Crippen LogP) is 4.90. The fourth-order valence-electron chi connectivity index (χ4n) is 3.55. The lowest BCUT2D eigenvalue weighted by atomic mass is 9.98. The molecule has 4 nitrogen and oxygen atoms in total. The number of carbonyl (C=O) groups excluding carboxylic acids is 1. The van der Waals surface area contributed by atoms with E-state index < -0.39 is 6.04 Å². The van der Waals surface area contributed by atoms with Crippen molar-refractivity contribution in [3.63, 3.8) is 0 Å². The Morgan fingerprint density at radius 3 is 2.69 bits per heavy atom. The molecule has 0 N–H and O–H groups in total. The highest BCUT2D eigenvalue weighted by molar-refractivity contribution is 9.10. The Morgan fingerprint density at radius 1 is 1.12 bits per heavy atom. The molecule has 0 aliphatic carbocycles. The van der Waals surface area contributed by atoms with Gasteiger partial charge in [0.05, 0.1) is 17.0 Å². The molecule has 0 unspecified atom stereocenters. The van der Waals surface area contributed by atoms with Gasteiger partial charge in [-0.3, -0.25) is 9.59 Å². The van der Waals surface area contributed by atoms with E-state index in [0.29, 0.717) is 23.1 Å². The highest BCUT2D eigenvalue weighted by Gasteiger charge is 2.42. The van der Waals surface area contributed by atoms with E-state index in [1.807, 2.05) is 30.3 Å². The Hall–Kier alpha value is -2.40. The average Bonchev–Trinajstić information content (AvgIpc) is 2.93. The zero-order chi connectivity index (χ0) is 18.3. The van der Waals surface area contributed by atoms with Crippen molar-refractivity contribution < 1.29 is 9.21 Å². The Kier molecular flexibility index (Phi) is 4.41. The Labute approximate surface area is 159 Å². The molecule has 0 radical (unpaired) electrons. The first-order valence-corrected chi connectivity index (χ1v) is 9.53. The summed E-state index contributed by atoms with van der Waals surface area (Å²) in [6.45, 7) is 2.67. The molecule has 26 heavy (non-hydrogen) atoms. The summed E-state index contributed by atoms with van der Waals surface area (Å²) < 4.78 is 6.80. The standard InChI is InChI=1S/C21H18BrNO3/c1-2-3-11-23-18(13-7-6-8-14(22)12-13)17-19(24)15-9-4-5-10-16(15)26-20(17)21(23)25/h4-10,12,18H,2-3,11H2,1H3/t18-/m1/s1. The van der Waals surface area contributed by atoms with Crippen LogP contribution in [0.15, 0.2) is 62.2 Å². The first-order chi connectivity index (χ1) is 12.6. The quantitative estimate of drug-likeness (QED) is 0.613. The number of hydrogen-bond donors (Lipinski definition) is 0.